The molecule has 0 bridgehead atoms. The van der Waals surface area contributed by atoms with Crippen LogP contribution in [0.5, 0.6) is 0 Å². The minimum absolute atomic E-state index is 0.264. The Bertz CT molecular complexity index is 194. The van der Waals surface area contributed by atoms with Crippen molar-refractivity contribution >= 4 is 0 Å². The summed E-state index contributed by atoms with van der Waals surface area (Å²) in [6.07, 6.45) is 0.452. The number of nitrogens with two attached hydrogens (primary N) is 1. The first-order valence-electron chi connectivity index (χ1n) is 6.06. The van der Waals surface area contributed by atoms with E-state index in [0.29, 0.717) is 26.1 Å². The van der Waals surface area contributed by atoms with Gasteiger partial charge in [0, 0.05) is 0 Å². The summed E-state index contributed by atoms with van der Waals surface area (Å²) in [5.41, 5.74) is 5.35. The van der Waals surface area contributed by atoms with E-state index in [4.69, 9.17) is 5.73 Å². The van der Waals surface area contributed by atoms with Crippen LogP contribution in [0.1, 0.15) is 38.5 Å². The van der Waals surface area contributed by atoms with Gasteiger partial charge in [-0.25, -0.2) is 0 Å². The van der Waals surface area contributed by atoms with Crippen LogP contribution in [-0.4, -0.2) is 36.8 Å². The Labute approximate surface area is 95.0 Å². The molecule has 2 nitrogen and oxygen atoms in total. The number of nitrogens with zero attached hydrogens (tertiary/aromatic N) is 1. The SMILES string of the molecule is NCCCCCN1CCCCC1C(F)(F)F. The third-order valence-corrected chi connectivity index (χ3v) is 3.14. The molecule has 5 heteroatoms. The van der Waals surface area contributed by atoms with E-state index in [1.165, 1.54) is 0 Å². The molecule has 1 fully saturated rings. The Morgan fingerprint density at radius 1 is 1.12 bits per heavy atom. The van der Waals surface area contributed by atoms with Gasteiger partial charge in [-0.05, 0) is 45.3 Å². The second-order valence-electron chi connectivity index (χ2n) is 4.44. The molecule has 2 N–H and O–H groups in total. The summed E-state index contributed by atoms with van der Waals surface area (Å²) in [5.74, 6) is 0. The van der Waals surface area contributed by atoms with Gasteiger partial charge in [-0.15, -0.1) is 0 Å². The van der Waals surface area contributed by atoms with Crippen molar-refractivity contribution in [1.82, 2.24) is 4.90 Å². The van der Waals surface area contributed by atoms with Crippen LogP contribution >= 0.6 is 0 Å². The molecule has 16 heavy (non-hydrogen) atoms. The molecule has 0 saturated carbocycles. The molecule has 1 atom stereocenters. The fourth-order valence-electron chi connectivity index (χ4n) is 2.27. The highest BCUT2D eigenvalue weighted by Crippen LogP contribution is 2.31. The summed E-state index contributed by atoms with van der Waals surface area (Å²) in [6.45, 7) is 1.78. The highest BCUT2D eigenvalue weighted by atomic mass is 19.4. The van der Waals surface area contributed by atoms with Crippen molar-refractivity contribution in [2.45, 2.75) is 50.7 Å². The number of hydrogen-bond donors (Lipinski definition) is 1. The van der Waals surface area contributed by atoms with E-state index < -0.39 is 12.2 Å². The minimum atomic E-state index is -4.06. The zero-order chi connectivity index (χ0) is 12.0. The molecular weight excluding hydrogens is 217 g/mol. The van der Waals surface area contributed by atoms with Gasteiger partial charge < -0.3 is 5.73 Å². The molecule has 1 saturated heterocycles. The molecule has 0 radical (unpaired) electrons. The predicted octanol–water partition coefficient (Wildman–Crippen LogP) is 2.53. The van der Waals surface area contributed by atoms with Crippen LogP contribution in [0.3, 0.4) is 0 Å². The maximum atomic E-state index is 12.7. The van der Waals surface area contributed by atoms with Crippen LogP contribution in [0.4, 0.5) is 13.2 Å². The molecule has 0 aromatic carbocycles. The highest BCUT2D eigenvalue weighted by molar-refractivity contribution is 4.82. The number of hydrogen-bond acceptors (Lipinski definition) is 2. The lowest BCUT2D eigenvalue weighted by molar-refractivity contribution is -0.191. The third kappa shape index (κ3) is 4.29. The van der Waals surface area contributed by atoms with E-state index in [2.05, 4.69) is 0 Å². The standard InChI is InChI=1S/C11H21F3N2/c12-11(13,14)10-6-2-5-9-16(10)8-4-1-3-7-15/h10H,1-9,15H2. The summed E-state index contributed by atoms with van der Waals surface area (Å²) < 4.78 is 38.1. The molecule has 1 unspecified atom stereocenters. The van der Waals surface area contributed by atoms with Gasteiger partial charge in [0.2, 0.25) is 0 Å². The van der Waals surface area contributed by atoms with Gasteiger partial charge in [-0.2, -0.15) is 13.2 Å². The maximum Gasteiger partial charge on any atom is 0.404 e. The molecule has 0 spiro atoms. The summed E-state index contributed by atoms with van der Waals surface area (Å²) in [7, 11) is 0. The number of unbranched alkanes of at least 4 members (excludes halogenated alkanes) is 2. The zero-order valence-electron chi connectivity index (χ0n) is 9.60. The second kappa shape index (κ2) is 6.45. The summed E-state index contributed by atoms with van der Waals surface area (Å²) in [5, 5.41) is 0. The van der Waals surface area contributed by atoms with Crippen LogP contribution in [-0.2, 0) is 0 Å². The molecule has 1 aliphatic rings. The molecule has 1 heterocycles. The van der Waals surface area contributed by atoms with Crippen LogP contribution in [0.2, 0.25) is 0 Å². The maximum absolute atomic E-state index is 12.7. The monoisotopic (exact) mass is 238 g/mol. The second-order valence-corrected chi connectivity index (χ2v) is 4.44. The smallest absolute Gasteiger partial charge is 0.330 e. The summed E-state index contributed by atoms with van der Waals surface area (Å²) in [4.78, 5) is 1.60. The van der Waals surface area contributed by atoms with E-state index in [9.17, 15) is 13.2 Å². The van der Waals surface area contributed by atoms with Crippen molar-refractivity contribution in [2.24, 2.45) is 5.73 Å². The van der Waals surface area contributed by atoms with Crippen molar-refractivity contribution in [3.05, 3.63) is 0 Å². The quantitative estimate of drug-likeness (QED) is 0.746. The van der Waals surface area contributed by atoms with Gasteiger partial charge in [0.25, 0.3) is 0 Å². The van der Waals surface area contributed by atoms with Gasteiger partial charge >= 0.3 is 6.18 Å². The van der Waals surface area contributed by atoms with E-state index in [-0.39, 0.29) is 6.42 Å². The molecule has 0 aliphatic carbocycles. The highest BCUT2D eigenvalue weighted by Gasteiger charge is 2.43. The van der Waals surface area contributed by atoms with Gasteiger partial charge in [-0.1, -0.05) is 12.8 Å². The van der Waals surface area contributed by atoms with Gasteiger partial charge in [0.15, 0.2) is 0 Å². The van der Waals surface area contributed by atoms with Crippen LogP contribution < -0.4 is 5.73 Å². The Kier molecular flexibility index (Phi) is 5.55. The number of likely N-dealkylation sites (tertiary alicyclic amines) is 1. The van der Waals surface area contributed by atoms with Gasteiger partial charge in [0.1, 0.15) is 6.04 Å². The van der Waals surface area contributed by atoms with Gasteiger partial charge in [0.05, 0.1) is 0 Å². The lowest BCUT2D eigenvalue weighted by atomic mass is 10.0. The molecule has 0 aromatic heterocycles. The lowest BCUT2D eigenvalue weighted by Gasteiger charge is -2.36. The Balaban J connectivity index is 2.35. The van der Waals surface area contributed by atoms with E-state index in [0.717, 1.165) is 25.7 Å². The Morgan fingerprint density at radius 3 is 2.50 bits per heavy atom. The molecule has 0 aromatic rings. The lowest BCUT2D eigenvalue weighted by Crippen LogP contribution is -2.48. The third-order valence-electron chi connectivity index (χ3n) is 3.14. The van der Waals surface area contributed by atoms with Gasteiger partial charge in [-0.3, -0.25) is 4.90 Å². The Hall–Kier alpha value is -0.290. The number of rotatable bonds is 5. The van der Waals surface area contributed by atoms with Crippen molar-refractivity contribution in [3.8, 4) is 0 Å². The molecule has 0 amide bonds. The average molecular weight is 238 g/mol. The zero-order valence-corrected chi connectivity index (χ0v) is 9.60. The molecular formula is C11H21F3N2. The first-order valence-corrected chi connectivity index (χ1v) is 6.06. The molecule has 96 valence electrons. The normalized spacial score (nSPS) is 23.6. The topological polar surface area (TPSA) is 29.3 Å². The first kappa shape index (κ1) is 13.8. The summed E-state index contributed by atoms with van der Waals surface area (Å²) >= 11 is 0. The predicted molar refractivity (Wildman–Crippen MR) is 58.2 cm³/mol. The fourth-order valence-corrected chi connectivity index (χ4v) is 2.27. The summed E-state index contributed by atoms with van der Waals surface area (Å²) in [6, 6.07) is -1.21. The van der Waals surface area contributed by atoms with E-state index in [1.54, 1.807) is 4.90 Å². The van der Waals surface area contributed by atoms with Crippen molar-refractivity contribution in [1.29, 1.82) is 0 Å². The largest absolute Gasteiger partial charge is 0.404 e. The van der Waals surface area contributed by atoms with E-state index in [1.807, 2.05) is 0 Å². The fraction of sp³-hybridized carbons (Fsp3) is 1.00. The van der Waals surface area contributed by atoms with Crippen molar-refractivity contribution < 1.29 is 13.2 Å². The van der Waals surface area contributed by atoms with Crippen LogP contribution in [0.15, 0.2) is 0 Å². The first-order chi connectivity index (χ1) is 7.55. The number of alkyl halides is 3. The van der Waals surface area contributed by atoms with Crippen LogP contribution in [0, 0.1) is 0 Å². The average Bonchev–Trinajstić information content (AvgIpc) is 2.24. The van der Waals surface area contributed by atoms with Crippen molar-refractivity contribution in [3.63, 3.8) is 0 Å². The molecule has 1 aliphatic heterocycles. The van der Waals surface area contributed by atoms with Crippen molar-refractivity contribution in [2.75, 3.05) is 19.6 Å². The number of piperidine rings is 1. The minimum Gasteiger partial charge on any atom is -0.330 e. The Morgan fingerprint density at radius 2 is 1.88 bits per heavy atom. The van der Waals surface area contributed by atoms with Crippen LogP contribution in [0.25, 0.3) is 0 Å². The molecule has 1 rings (SSSR count). The van der Waals surface area contributed by atoms with E-state index >= 15 is 0 Å². The number of halogens is 3.